The van der Waals surface area contributed by atoms with Crippen molar-refractivity contribution in [3.63, 3.8) is 0 Å². The Morgan fingerprint density at radius 1 is 0.788 bits per heavy atom. The summed E-state index contributed by atoms with van der Waals surface area (Å²) in [6, 6.07) is 14.0. The van der Waals surface area contributed by atoms with Crippen molar-refractivity contribution in [2.24, 2.45) is 9.98 Å². The lowest BCUT2D eigenvalue weighted by molar-refractivity contribution is 0.353. The molecule has 1 atom stereocenters. The summed E-state index contributed by atoms with van der Waals surface area (Å²) in [5.41, 5.74) is 4.80. The van der Waals surface area contributed by atoms with Gasteiger partial charge in [-0.2, -0.15) is 0 Å². The summed E-state index contributed by atoms with van der Waals surface area (Å²) in [6.07, 6.45) is 15.9. The molecule has 4 aliphatic heterocycles. The van der Waals surface area contributed by atoms with E-state index in [2.05, 4.69) is 15.3 Å². The zero-order valence-corrected chi connectivity index (χ0v) is 17.7. The third kappa shape index (κ3) is 3.67. The van der Waals surface area contributed by atoms with Gasteiger partial charge in [-0.1, -0.05) is 30.3 Å². The van der Waals surface area contributed by atoms with Crippen LogP contribution < -0.4 is 16.0 Å². The number of hydrogen-bond acceptors (Lipinski definition) is 5. The van der Waals surface area contributed by atoms with Gasteiger partial charge in [0.1, 0.15) is 0 Å². The summed E-state index contributed by atoms with van der Waals surface area (Å²) in [4.78, 5) is 12.8. The average Bonchev–Trinajstić information content (AvgIpc) is 3.59. The molecule has 4 N–H and O–H groups in total. The van der Waals surface area contributed by atoms with Gasteiger partial charge in [-0.05, 0) is 71.9 Å². The van der Waals surface area contributed by atoms with Gasteiger partial charge in [0.2, 0.25) is 0 Å². The van der Waals surface area contributed by atoms with Crippen LogP contribution >= 0.6 is 0 Å². The molecule has 5 heterocycles. The number of aromatic nitrogens is 1. The third-order valence-corrected chi connectivity index (χ3v) is 6.15. The zero-order valence-electron chi connectivity index (χ0n) is 17.7. The maximum absolute atomic E-state index is 10.5. The van der Waals surface area contributed by atoms with Gasteiger partial charge in [-0.25, -0.2) is 9.98 Å². The Hall–Kier alpha value is -3.94. The van der Waals surface area contributed by atoms with E-state index in [0.717, 1.165) is 44.7 Å². The average molecular weight is 432 g/mol. The monoisotopic (exact) mass is 432 g/mol. The normalized spacial score (nSPS) is 22.7. The molecule has 4 aliphatic rings. The highest BCUT2D eigenvalue weighted by Crippen LogP contribution is 2.38. The molecule has 0 spiro atoms. The second-order valence-corrected chi connectivity index (χ2v) is 8.51. The Labute approximate surface area is 191 Å². The minimum atomic E-state index is -1.63. The number of fused-ring (bicyclic) bond motifs is 6. The van der Waals surface area contributed by atoms with Crippen molar-refractivity contribution in [2.75, 3.05) is 0 Å². The summed E-state index contributed by atoms with van der Waals surface area (Å²) in [7, 11) is -1.63. The van der Waals surface area contributed by atoms with Gasteiger partial charge < -0.3 is 20.3 Å². The van der Waals surface area contributed by atoms with Gasteiger partial charge in [-0.15, -0.1) is 0 Å². The predicted octanol–water partition coefficient (Wildman–Crippen LogP) is 1.53. The number of allylic oxidation sites excluding steroid dienone is 5. The van der Waals surface area contributed by atoms with Gasteiger partial charge in [0.05, 0.1) is 28.3 Å². The Bertz CT molecular complexity index is 1490. The van der Waals surface area contributed by atoms with Crippen molar-refractivity contribution >= 4 is 36.3 Å². The van der Waals surface area contributed by atoms with Crippen LogP contribution in [0.3, 0.4) is 0 Å². The van der Waals surface area contributed by atoms with Crippen molar-refractivity contribution in [1.82, 2.24) is 10.3 Å². The van der Waals surface area contributed by atoms with E-state index in [-0.39, 0.29) is 0 Å². The van der Waals surface area contributed by atoms with Gasteiger partial charge in [0.15, 0.2) is 0 Å². The number of nitrogens with one attached hydrogen (secondary N) is 2. The van der Waals surface area contributed by atoms with E-state index in [1.807, 2.05) is 91.1 Å². The van der Waals surface area contributed by atoms with E-state index in [0.29, 0.717) is 12.1 Å². The second-order valence-electron chi connectivity index (χ2n) is 8.51. The maximum atomic E-state index is 10.5. The van der Waals surface area contributed by atoms with Crippen LogP contribution in [0.5, 0.6) is 0 Å². The number of aliphatic imine (C=N–C) groups is 2. The molecule has 33 heavy (non-hydrogen) atoms. The number of hydrogen-bond donors (Lipinski definition) is 4. The predicted molar refractivity (Wildman–Crippen MR) is 132 cm³/mol. The molecule has 0 saturated heterocycles. The van der Waals surface area contributed by atoms with Gasteiger partial charge in [0.25, 0.3) is 0 Å². The molecule has 1 unspecified atom stereocenters. The van der Waals surface area contributed by atoms with Gasteiger partial charge in [0, 0.05) is 22.8 Å². The van der Waals surface area contributed by atoms with E-state index < -0.39 is 12.6 Å². The first-order valence-electron chi connectivity index (χ1n) is 10.9. The minimum Gasteiger partial charge on any atom is -0.425 e. The van der Waals surface area contributed by atoms with Crippen LogP contribution in [-0.2, 0) is 0 Å². The fourth-order valence-corrected chi connectivity index (χ4v) is 4.53. The molecular weight excluding hydrogens is 411 g/mol. The second kappa shape index (κ2) is 7.58. The molecule has 2 aromatic rings. The molecule has 0 amide bonds. The first-order valence-corrected chi connectivity index (χ1v) is 10.9. The molecule has 0 radical (unpaired) electrons. The lowest BCUT2D eigenvalue weighted by Gasteiger charge is -2.27. The van der Waals surface area contributed by atoms with Crippen molar-refractivity contribution < 1.29 is 10.0 Å². The lowest BCUT2D eigenvalue weighted by Crippen LogP contribution is -2.53. The number of benzene rings is 1. The summed E-state index contributed by atoms with van der Waals surface area (Å²) < 4.78 is 0. The minimum absolute atomic E-state index is 0.395. The van der Waals surface area contributed by atoms with Crippen LogP contribution in [0.25, 0.3) is 17.7 Å². The molecule has 0 fully saturated rings. The molecule has 1 aromatic heterocycles. The summed E-state index contributed by atoms with van der Waals surface area (Å²) in [5.74, 6) is 0. The van der Waals surface area contributed by atoms with Gasteiger partial charge >= 0.3 is 7.12 Å². The smallest absolute Gasteiger partial charge is 0.425 e. The zero-order chi connectivity index (χ0) is 22.4. The van der Waals surface area contributed by atoms with Crippen molar-refractivity contribution in [3.05, 3.63) is 112 Å². The quantitative estimate of drug-likeness (QED) is 0.543. The van der Waals surface area contributed by atoms with Crippen LogP contribution in [0, 0.1) is 0 Å². The summed E-state index contributed by atoms with van der Waals surface area (Å²) >= 11 is 0. The van der Waals surface area contributed by atoms with Crippen molar-refractivity contribution in [1.29, 1.82) is 0 Å². The SMILES string of the molecule is OB(O)C12C=C3C=CC(=N3)C=c3ccc([nH]3)=CC3=NC(=CC(=C(c4ccccc4)C1)N2)C=C3. The highest BCUT2D eigenvalue weighted by Gasteiger charge is 2.46. The highest BCUT2D eigenvalue weighted by molar-refractivity contribution is 6.47. The van der Waals surface area contributed by atoms with E-state index in [1.165, 1.54) is 0 Å². The van der Waals surface area contributed by atoms with Crippen LogP contribution in [0.2, 0.25) is 0 Å². The molecule has 0 saturated carbocycles. The molecule has 8 bridgehead atoms. The number of H-pyrrole nitrogens is 1. The third-order valence-electron chi connectivity index (χ3n) is 6.15. The fourth-order valence-electron chi connectivity index (χ4n) is 4.53. The number of rotatable bonds is 2. The first-order chi connectivity index (χ1) is 16.1. The number of aromatic amines is 1. The van der Waals surface area contributed by atoms with Crippen LogP contribution in [-0.4, -0.2) is 39.0 Å². The topological polar surface area (TPSA) is 93.0 Å². The highest BCUT2D eigenvalue weighted by atomic mass is 16.4. The van der Waals surface area contributed by atoms with Crippen LogP contribution in [0.15, 0.2) is 106 Å². The summed E-state index contributed by atoms with van der Waals surface area (Å²) in [6.45, 7) is 0. The Balaban J connectivity index is 1.57. The van der Waals surface area contributed by atoms with Crippen LogP contribution in [0.1, 0.15) is 12.0 Å². The molecule has 6 nitrogen and oxygen atoms in total. The van der Waals surface area contributed by atoms with Crippen molar-refractivity contribution in [3.8, 4) is 0 Å². The van der Waals surface area contributed by atoms with Crippen LogP contribution in [0.4, 0.5) is 0 Å². The first kappa shape index (κ1) is 19.7. The van der Waals surface area contributed by atoms with E-state index in [4.69, 9.17) is 4.99 Å². The Morgan fingerprint density at radius 3 is 2.15 bits per heavy atom. The Kier molecular flexibility index (Phi) is 4.53. The lowest BCUT2D eigenvalue weighted by atomic mass is 9.62. The molecule has 1 aromatic carbocycles. The van der Waals surface area contributed by atoms with E-state index in [9.17, 15) is 10.0 Å². The maximum Gasteiger partial charge on any atom is 0.483 e. The fraction of sp³-hybridized carbons (Fsp3) is 0.0769. The number of nitrogens with zero attached hydrogens (tertiary/aromatic N) is 2. The largest absolute Gasteiger partial charge is 0.483 e. The molecule has 6 rings (SSSR count). The standard InChI is InChI=1S/C26H21BN4O2/c32-27(33)26-15-23-11-10-21(30-23)13-19-7-6-18(28-19)12-20-8-9-22(29-20)14-25(31-26)24(16-26)17-4-2-1-3-5-17/h1-15,28,31-33H,16H2. The molecular formula is C26H21BN4O2. The van der Waals surface area contributed by atoms with Gasteiger partial charge in [-0.3, -0.25) is 0 Å². The van der Waals surface area contributed by atoms with Crippen molar-refractivity contribution in [2.45, 2.75) is 11.9 Å². The molecule has 0 aliphatic carbocycles. The summed E-state index contributed by atoms with van der Waals surface area (Å²) in [5, 5.41) is 26.3. The molecule has 7 heteroatoms. The Morgan fingerprint density at radius 2 is 1.45 bits per heavy atom. The van der Waals surface area contributed by atoms with E-state index >= 15 is 0 Å². The van der Waals surface area contributed by atoms with E-state index in [1.54, 1.807) is 0 Å². The molecule has 160 valence electrons.